The van der Waals surface area contributed by atoms with Gasteiger partial charge >= 0.3 is 0 Å². The number of methoxy groups -OCH3 is 1. The SMILES string of the molecule is CCc1cc(C(=O)N2CCN(CC(=O)NCCOC)CC2)sc1C. The normalized spacial score (nSPS) is 15.5. The molecular weight excluding hydrogens is 326 g/mol. The predicted octanol–water partition coefficient (Wildman–Crippen LogP) is 1.14. The van der Waals surface area contributed by atoms with Crippen molar-refractivity contribution in [2.75, 3.05) is 53.0 Å². The van der Waals surface area contributed by atoms with Crippen LogP contribution in [0.2, 0.25) is 0 Å². The topological polar surface area (TPSA) is 61.9 Å². The first kappa shape index (κ1) is 18.9. The highest BCUT2D eigenvalue weighted by molar-refractivity contribution is 7.14. The summed E-state index contributed by atoms with van der Waals surface area (Å²) >= 11 is 1.58. The molecule has 0 aliphatic carbocycles. The number of nitrogens with zero attached hydrogens (tertiary/aromatic N) is 2. The second-order valence-corrected chi connectivity index (χ2v) is 7.21. The van der Waals surface area contributed by atoms with Crippen LogP contribution >= 0.6 is 11.3 Å². The van der Waals surface area contributed by atoms with E-state index in [-0.39, 0.29) is 11.8 Å². The van der Waals surface area contributed by atoms with Gasteiger partial charge in [-0.3, -0.25) is 14.5 Å². The molecule has 2 amide bonds. The molecule has 0 bridgehead atoms. The molecule has 0 unspecified atom stereocenters. The number of piperazine rings is 1. The lowest BCUT2D eigenvalue weighted by Gasteiger charge is -2.34. The van der Waals surface area contributed by atoms with Gasteiger partial charge in [0.15, 0.2) is 0 Å². The van der Waals surface area contributed by atoms with Crippen LogP contribution in [0.3, 0.4) is 0 Å². The van der Waals surface area contributed by atoms with Crippen LogP contribution in [0, 0.1) is 6.92 Å². The Balaban J connectivity index is 1.79. The van der Waals surface area contributed by atoms with Gasteiger partial charge in [-0.2, -0.15) is 0 Å². The van der Waals surface area contributed by atoms with Gasteiger partial charge in [-0.25, -0.2) is 0 Å². The number of rotatable bonds is 7. The zero-order chi connectivity index (χ0) is 17.5. The van der Waals surface area contributed by atoms with Crippen LogP contribution in [0.1, 0.15) is 27.0 Å². The van der Waals surface area contributed by atoms with E-state index in [9.17, 15) is 9.59 Å². The molecule has 1 N–H and O–H groups in total. The van der Waals surface area contributed by atoms with E-state index in [1.807, 2.05) is 11.0 Å². The second kappa shape index (κ2) is 9.15. The molecular formula is C17H27N3O3S. The van der Waals surface area contributed by atoms with Crippen molar-refractivity contribution in [2.24, 2.45) is 0 Å². The zero-order valence-electron chi connectivity index (χ0n) is 14.8. The Morgan fingerprint density at radius 2 is 2.00 bits per heavy atom. The van der Waals surface area contributed by atoms with E-state index < -0.39 is 0 Å². The molecule has 1 aliphatic heterocycles. The van der Waals surface area contributed by atoms with E-state index in [4.69, 9.17) is 4.74 Å². The number of ether oxygens (including phenoxy) is 1. The third kappa shape index (κ3) is 5.03. The minimum absolute atomic E-state index is 0.00768. The quantitative estimate of drug-likeness (QED) is 0.747. The Bertz CT molecular complexity index is 565. The number of aryl methyl sites for hydroxylation is 2. The summed E-state index contributed by atoms with van der Waals surface area (Å²) in [5.41, 5.74) is 1.26. The lowest BCUT2D eigenvalue weighted by molar-refractivity contribution is -0.122. The first-order valence-corrected chi connectivity index (χ1v) is 9.23. The average Bonchev–Trinajstić information content (AvgIpc) is 2.96. The maximum Gasteiger partial charge on any atom is 0.264 e. The second-order valence-electron chi connectivity index (χ2n) is 5.96. The Labute approximate surface area is 147 Å². The maximum atomic E-state index is 12.6. The first-order chi connectivity index (χ1) is 11.5. The number of carbonyl (C=O) groups is 2. The van der Waals surface area contributed by atoms with Crippen molar-refractivity contribution in [1.82, 2.24) is 15.1 Å². The Morgan fingerprint density at radius 1 is 1.29 bits per heavy atom. The van der Waals surface area contributed by atoms with Crippen LogP contribution in [-0.2, 0) is 16.0 Å². The molecule has 2 rings (SSSR count). The highest BCUT2D eigenvalue weighted by Gasteiger charge is 2.24. The van der Waals surface area contributed by atoms with Crippen molar-refractivity contribution in [3.05, 3.63) is 21.4 Å². The molecule has 0 aromatic carbocycles. The first-order valence-electron chi connectivity index (χ1n) is 8.41. The van der Waals surface area contributed by atoms with Gasteiger partial charge in [-0.1, -0.05) is 6.92 Å². The van der Waals surface area contributed by atoms with Crippen LogP contribution in [0.4, 0.5) is 0 Å². The maximum absolute atomic E-state index is 12.6. The fourth-order valence-electron chi connectivity index (χ4n) is 2.79. The summed E-state index contributed by atoms with van der Waals surface area (Å²) in [5.74, 6) is 0.125. The van der Waals surface area contributed by atoms with E-state index in [1.54, 1.807) is 18.4 Å². The summed E-state index contributed by atoms with van der Waals surface area (Å²) < 4.78 is 4.91. The standard InChI is InChI=1S/C17H27N3O3S/c1-4-14-11-15(24-13(14)2)17(22)20-8-6-19(7-9-20)12-16(21)18-5-10-23-3/h11H,4-10,12H2,1-3H3,(H,18,21). The molecule has 1 aliphatic rings. The number of carbonyl (C=O) groups excluding carboxylic acids is 2. The van der Waals surface area contributed by atoms with Crippen molar-refractivity contribution in [3.63, 3.8) is 0 Å². The van der Waals surface area contributed by atoms with Gasteiger partial charge in [0.25, 0.3) is 5.91 Å². The molecule has 0 radical (unpaired) electrons. The van der Waals surface area contributed by atoms with Crippen LogP contribution in [0.25, 0.3) is 0 Å². The highest BCUT2D eigenvalue weighted by atomic mass is 32.1. The molecule has 7 heteroatoms. The van der Waals surface area contributed by atoms with Gasteiger partial charge in [-0.15, -0.1) is 11.3 Å². The molecule has 0 saturated carbocycles. The Kier molecular flexibility index (Phi) is 7.20. The third-order valence-electron chi connectivity index (χ3n) is 4.27. The van der Waals surface area contributed by atoms with Gasteiger partial charge in [0.2, 0.25) is 5.91 Å². The van der Waals surface area contributed by atoms with Crippen LogP contribution in [0.5, 0.6) is 0 Å². The molecule has 2 heterocycles. The van der Waals surface area contributed by atoms with Crippen LogP contribution in [0.15, 0.2) is 6.07 Å². The smallest absolute Gasteiger partial charge is 0.264 e. The van der Waals surface area contributed by atoms with Crippen molar-refractivity contribution >= 4 is 23.2 Å². The highest BCUT2D eigenvalue weighted by Crippen LogP contribution is 2.23. The van der Waals surface area contributed by atoms with E-state index >= 15 is 0 Å². The fraction of sp³-hybridized carbons (Fsp3) is 0.647. The van der Waals surface area contributed by atoms with Gasteiger partial charge in [-0.05, 0) is 25.0 Å². The molecule has 1 aromatic heterocycles. The molecule has 1 fully saturated rings. The number of hydrogen-bond acceptors (Lipinski definition) is 5. The zero-order valence-corrected chi connectivity index (χ0v) is 15.6. The summed E-state index contributed by atoms with van der Waals surface area (Å²) in [6, 6.07) is 2.03. The monoisotopic (exact) mass is 353 g/mol. The minimum Gasteiger partial charge on any atom is -0.383 e. The molecule has 134 valence electrons. The van der Waals surface area contributed by atoms with Crippen molar-refractivity contribution in [1.29, 1.82) is 0 Å². The van der Waals surface area contributed by atoms with E-state index in [2.05, 4.69) is 24.1 Å². The lowest BCUT2D eigenvalue weighted by atomic mass is 10.2. The average molecular weight is 353 g/mol. The van der Waals surface area contributed by atoms with Gasteiger partial charge in [0.1, 0.15) is 0 Å². The van der Waals surface area contributed by atoms with Gasteiger partial charge < -0.3 is 15.0 Å². The van der Waals surface area contributed by atoms with Crippen LogP contribution < -0.4 is 5.32 Å². The van der Waals surface area contributed by atoms with Crippen molar-refractivity contribution in [2.45, 2.75) is 20.3 Å². The van der Waals surface area contributed by atoms with E-state index in [0.29, 0.717) is 32.8 Å². The molecule has 1 aromatic rings. The van der Waals surface area contributed by atoms with E-state index in [0.717, 1.165) is 24.4 Å². The summed E-state index contributed by atoms with van der Waals surface area (Å²) in [6.07, 6.45) is 0.960. The number of nitrogens with one attached hydrogen (secondary N) is 1. The minimum atomic E-state index is 0.00768. The summed E-state index contributed by atoms with van der Waals surface area (Å²) in [6.45, 7) is 8.41. The van der Waals surface area contributed by atoms with Crippen molar-refractivity contribution < 1.29 is 14.3 Å². The van der Waals surface area contributed by atoms with E-state index in [1.165, 1.54) is 10.4 Å². The summed E-state index contributed by atoms with van der Waals surface area (Å²) in [4.78, 5) is 30.5. The molecule has 1 saturated heterocycles. The number of thiophene rings is 1. The number of hydrogen-bond donors (Lipinski definition) is 1. The largest absolute Gasteiger partial charge is 0.383 e. The third-order valence-corrected chi connectivity index (χ3v) is 5.35. The number of amides is 2. The Hall–Kier alpha value is -1.44. The molecule has 0 atom stereocenters. The lowest BCUT2D eigenvalue weighted by Crippen LogP contribution is -2.51. The predicted molar refractivity (Wildman–Crippen MR) is 95.7 cm³/mol. The van der Waals surface area contributed by atoms with Crippen LogP contribution in [-0.4, -0.2) is 74.6 Å². The summed E-state index contributed by atoms with van der Waals surface area (Å²) in [5, 5.41) is 2.82. The molecule has 0 spiro atoms. The van der Waals surface area contributed by atoms with Gasteiger partial charge in [0, 0.05) is 44.7 Å². The molecule has 6 nitrogen and oxygen atoms in total. The fourth-order valence-corrected chi connectivity index (χ4v) is 3.87. The summed E-state index contributed by atoms with van der Waals surface area (Å²) in [7, 11) is 1.61. The molecule has 24 heavy (non-hydrogen) atoms. The Morgan fingerprint density at radius 3 is 2.58 bits per heavy atom. The van der Waals surface area contributed by atoms with Crippen molar-refractivity contribution in [3.8, 4) is 0 Å². The van der Waals surface area contributed by atoms with Gasteiger partial charge in [0.05, 0.1) is 18.0 Å².